The minimum Gasteiger partial charge on any atom is -0.741 e. The standard InChI is InChI=1S/C11H14NO2.CHF3O3S/c1-9(12(2)3)14-11(13)10-7-5-4-6-8-10;2-1(3,4)8(5,6)7/h4-8H,1-3H3;(H,5,6,7)/q+1;/p-1. The van der Waals surface area contributed by atoms with Crippen LogP contribution in [0.15, 0.2) is 30.3 Å². The van der Waals surface area contributed by atoms with Gasteiger partial charge in [0, 0.05) is 0 Å². The van der Waals surface area contributed by atoms with E-state index in [1.807, 2.05) is 32.3 Å². The van der Waals surface area contributed by atoms with Gasteiger partial charge in [-0.25, -0.2) is 17.8 Å². The summed E-state index contributed by atoms with van der Waals surface area (Å²) in [4.78, 5) is 11.5. The van der Waals surface area contributed by atoms with Gasteiger partial charge < -0.3 is 9.29 Å². The van der Waals surface area contributed by atoms with Gasteiger partial charge in [0.1, 0.15) is 14.1 Å². The van der Waals surface area contributed by atoms with Gasteiger partial charge in [-0.1, -0.05) is 18.2 Å². The number of nitrogens with zero attached hydrogens (tertiary/aromatic N) is 1. The first-order valence-corrected chi connectivity index (χ1v) is 7.07. The first-order valence-electron chi connectivity index (χ1n) is 5.66. The second-order valence-electron chi connectivity index (χ2n) is 4.07. The van der Waals surface area contributed by atoms with Crippen molar-refractivity contribution >= 4 is 22.0 Å². The Balaban J connectivity index is 0.000000472. The molecule has 0 saturated carbocycles. The first kappa shape index (κ1) is 20.1. The Morgan fingerprint density at radius 3 is 1.91 bits per heavy atom. The number of halogens is 3. The summed E-state index contributed by atoms with van der Waals surface area (Å²) in [5.41, 5.74) is -5.08. The molecule has 0 unspecified atom stereocenters. The third kappa shape index (κ3) is 7.18. The minimum atomic E-state index is -6.09. The summed E-state index contributed by atoms with van der Waals surface area (Å²) in [6.45, 7) is 1.75. The van der Waals surface area contributed by atoms with Crippen LogP contribution in [0.3, 0.4) is 0 Å². The fourth-order valence-electron chi connectivity index (χ4n) is 0.859. The number of alkyl halides is 3. The fraction of sp³-hybridized carbons (Fsp3) is 0.333. The van der Waals surface area contributed by atoms with Crippen LogP contribution in [0.25, 0.3) is 0 Å². The predicted octanol–water partition coefficient (Wildman–Crippen LogP) is 1.59. The van der Waals surface area contributed by atoms with Crippen LogP contribution in [0, 0.1) is 0 Å². The molecule has 0 saturated heterocycles. The molecule has 124 valence electrons. The lowest BCUT2D eigenvalue weighted by atomic mass is 10.2. The molecule has 0 radical (unpaired) electrons. The fourth-order valence-corrected chi connectivity index (χ4v) is 0.859. The van der Waals surface area contributed by atoms with Crippen LogP contribution in [-0.2, 0) is 14.9 Å². The number of carbonyl (C=O) groups excluding carboxylic acids is 1. The summed E-state index contributed by atoms with van der Waals surface area (Å²) in [5.74, 6) is 0.260. The zero-order valence-corrected chi connectivity index (χ0v) is 12.7. The summed E-state index contributed by atoms with van der Waals surface area (Å²) in [6, 6.07) is 8.93. The van der Waals surface area contributed by atoms with Gasteiger partial charge in [0.15, 0.2) is 10.1 Å². The van der Waals surface area contributed by atoms with Gasteiger partial charge in [-0.05, 0) is 12.1 Å². The summed E-state index contributed by atoms with van der Waals surface area (Å²) < 4.78 is 65.8. The largest absolute Gasteiger partial charge is 0.741 e. The second kappa shape index (κ2) is 7.90. The molecule has 0 bridgehead atoms. The van der Waals surface area contributed by atoms with E-state index >= 15 is 0 Å². The monoisotopic (exact) mass is 341 g/mol. The van der Waals surface area contributed by atoms with E-state index in [4.69, 9.17) is 17.7 Å². The Labute approximate surface area is 125 Å². The van der Waals surface area contributed by atoms with Crippen molar-refractivity contribution in [1.29, 1.82) is 0 Å². The molecule has 0 aliphatic heterocycles. The summed E-state index contributed by atoms with van der Waals surface area (Å²) in [6.07, 6.45) is 0. The third-order valence-electron chi connectivity index (χ3n) is 2.16. The minimum absolute atomic E-state index is 0.322. The van der Waals surface area contributed by atoms with Gasteiger partial charge in [0.05, 0.1) is 12.5 Å². The van der Waals surface area contributed by atoms with Gasteiger partial charge >= 0.3 is 17.4 Å². The molecular formula is C12H14F3NO5S. The molecule has 0 N–H and O–H groups in total. The molecule has 0 aliphatic carbocycles. The van der Waals surface area contributed by atoms with Gasteiger partial charge in [-0.3, -0.25) is 0 Å². The maximum Gasteiger partial charge on any atom is 0.485 e. The van der Waals surface area contributed by atoms with Crippen LogP contribution in [0.2, 0.25) is 0 Å². The van der Waals surface area contributed by atoms with Crippen molar-refractivity contribution < 1.29 is 40.2 Å². The highest BCUT2D eigenvalue weighted by Gasteiger charge is 2.36. The van der Waals surface area contributed by atoms with Crippen molar-refractivity contribution in [2.24, 2.45) is 0 Å². The van der Waals surface area contributed by atoms with Gasteiger partial charge in [-0.2, -0.15) is 13.2 Å². The van der Waals surface area contributed by atoms with Crippen molar-refractivity contribution in [3.05, 3.63) is 35.9 Å². The van der Waals surface area contributed by atoms with Crippen LogP contribution >= 0.6 is 0 Å². The normalized spacial score (nSPS) is 11.0. The molecule has 1 rings (SSSR count). The van der Waals surface area contributed by atoms with E-state index in [-0.39, 0.29) is 5.97 Å². The smallest absolute Gasteiger partial charge is 0.485 e. The summed E-state index contributed by atoms with van der Waals surface area (Å²) >= 11 is 0. The van der Waals surface area contributed by atoms with E-state index in [0.29, 0.717) is 11.5 Å². The molecule has 1 aromatic rings. The molecule has 0 atom stereocenters. The molecule has 10 heteroatoms. The maximum atomic E-state index is 11.5. The van der Waals surface area contributed by atoms with E-state index in [0.717, 1.165) is 0 Å². The van der Waals surface area contributed by atoms with Crippen molar-refractivity contribution in [1.82, 2.24) is 0 Å². The van der Waals surface area contributed by atoms with Crippen molar-refractivity contribution in [3.8, 4) is 0 Å². The van der Waals surface area contributed by atoms with Crippen LogP contribution in [0.4, 0.5) is 13.2 Å². The van der Waals surface area contributed by atoms with E-state index < -0.39 is 15.6 Å². The Hall–Kier alpha value is -1.94. The van der Waals surface area contributed by atoms with E-state index in [9.17, 15) is 18.0 Å². The molecule has 6 nitrogen and oxygen atoms in total. The average molecular weight is 341 g/mol. The highest BCUT2D eigenvalue weighted by atomic mass is 32.2. The average Bonchev–Trinajstić information content (AvgIpc) is 2.37. The third-order valence-corrected chi connectivity index (χ3v) is 2.73. The van der Waals surface area contributed by atoms with E-state index in [1.165, 1.54) is 0 Å². The first-order chi connectivity index (χ1) is 9.86. The number of benzene rings is 1. The molecule has 0 aliphatic rings. The number of ether oxygens (including phenoxy) is 1. The SMILES string of the molecule is CC(OC(=O)c1ccccc1)=[N+](C)C.O=S(=O)([O-])C(F)(F)F. The Morgan fingerprint density at radius 2 is 1.59 bits per heavy atom. The van der Waals surface area contributed by atoms with Gasteiger partial charge in [0.25, 0.3) is 0 Å². The molecule has 0 aromatic heterocycles. The lowest BCUT2D eigenvalue weighted by molar-refractivity contribution is -0.473. The van der Waals surface area contributed by atoms with Gasteiger partial charge in [0.2, 0.25) is 0 Å². The number of esters is 1. The zero-order valence-electron chi connectivity index (χ0n) is 11.9. The Bertz CT molecular complexity index is 634. The highest BCUT2D eigenvalue weighted by molar-refractivity contribution is 7.86. The van der Waals surface area contributed by atoms with Crippen LogP contribution < -0.4 is 0 Å². The topological polar surface area (TPSA) is 86.5 Å². The second-order valence-corrected chi connectivity index (χ2v) is 5.44. The molecule has 0 spiro atoms. The molecule has 22 heavy (non-hydrogen) atoms. The lowest BCUT2D eigenvalue weighted by Gasteiger charge is -2.08. The Kier molecular flexibility index (Phi) is 7.20. The predicted molar refractivity (Wildman–Crippen MR) is 70.4 cm³/mol. The van der Waals surface area contributed by atoms with Crippen molar-refractivity contribution in [2.75, 3.05) is 14.1 Å². The van der Waals surface area contributed by atoms with E-state index in [2.05, 4.69) is 0 Å². The quantitative estimate of drug-likeness (QED) is 0.193. The zero-order chi connectivity index (χ0) is 17.6. The summed E-state index contributed by atoms with van der Waals surface area (Å²) in [5, 5.41) is 0. The molecule has 1 aromatic carbocycles. The number of hydrogen-bond acceptors (Lipinski definition) is 5. The maximum absolute atomic E-state index is 11.5. The van der Waals surface area contributed by atoms with Crippen LogP contribution in [-0.4, -0.2) is 49.0 Å². The molecular weight excluding hydrogens is 327 g/mol. The molecule has 0 heterocycles. The molecule has 0 fully saturated rings. The highest BCUT2D eigenvalue weighted by Crippen LogP contribution is 2.20. The number of hydrogen-bond donors (Lipinski definition) is 0. The van der Waals surface area contributed by atoms with Crippen LogP contribution in [0.5, 0.6) is 0 Å². The van der Waals surface area contributed by atoms with Crippen molar-refractivity contribution in [2.45, 2.75) is 12.4 Å². The number of rotatable bonds is 1. The number of carbonyl (C=O) groups is 1. The Morgan fingerprint density at radius 1 is 1.18 bits per heavy atom. The molecule has 0 amide bonds. The van der Waals surface area contributed by atoms with Gasteiger partial charge in [-0.15, -0.1) is 0 Å². The lowest BCUT2D eigenvalue weighted by Crippen LogP contribution is -2.21. The van der Waals surface area contributed by atoms with Crippen molar-refractivity contribution in [3.63, 3.8) is 0 Å². The van der Waals surface area contributed by atoms with Crippen LogP contribution in [0.1, 0.15) is 17.3 Å². The summed E-state index contributed by atoms with van der Waals surface area (Å²) in [7, 11) is -2.44. The van der Waals surface area contributed by atoms with E-state index in [1.54, 1.807) is 23.6 Å².